The molecule has 0 saturated carbocycles. The molecule has 0 atom stereocenters. The Kier molecular flexibility index (Phi) is 4.31. The van der Waals surface area contributed by atoms with E-state index in [1.54, 1.807) is 7.05 Å². The number of anilines is 1. The molecule has 0 heterocycles. The van der Waals surface area contributed by atoms with Gasteiger partial charge >= 0.3 is 0 Å². The van der Waals surface area contributed by atoms with E-state index in [9.17, 15) is 4.79 Å². The van der Waals surface area contributed by atoms with Crippen LogP contribution in [0.2, 0.25) is 0 Å². The first-order valence-electron chi connectivity index (χ1n) is 5.29. The van der Waals surface area contributed by atoms with E-state index in [0.717, 1.165) is 11.3 Å². The fraction of sp³-hybridized carbons (Fsp3) is 0.417. The Morgan fingerprint density at radius 2 is 2.19 bits per heavy atom. The molecule has 88 valence electrons. The maximum absolute atomic E-state index is 11.3. The maximum Gasteiger partial charge on any atom is 0.239 e. The lowest BCUT2D eigenvalue weighted by Gasteiger charge is -2.21. The molecule has 0 unspecified atom stereocenters. The number of hydrogen-bond donors (Lipinski definition) is 2. The third-order valence-electron chi connectivity index (χ3n) is 2.53. The van der Waals surface area contributed by atoms with E-state index in [4.69, 9.17) is 5.73 Å². The number of likely N-dealkylation sites (N-methyl/N-ethyl adjacent to an activating group) is 2. The van der Waals surface area contributed by atoms with E-state index >= 15 is 0 Å². The fourth-order valence-electron chi connectivity index (χ4n) is 1.63. The summed E-state index contributed by atoms with van der Waals surface area (Å²) in [5.41, 5.74) is 8.94. The Balaban J connectivity index is 2.90. The molecule has 0 aliphatic rings. The highest BCUT2D eigenvalue weighted by Crippen LogP contribution is 2.20. The minimum Gasteiger partial charge on any atom is -0.365 e. The molecule has 0 bridgehead atoms. The van der Waals surface area contributed by atoms with Gasteiger partial charge in [0.2, 0.25) is 5.91 Å². The quantitative estimate of drug-likeness (QED) is 0.784. The highest BCUT2D eigenvalue weighted by atomic mass is 16.1. The number of nitrogens with zero attached hydrogens (tertiary/aromatic N) is 1. The van der Waals surface area contributed by atoms with Crippen molar-refractivity contribution in [3.8, 4) is 0 Å². The van der Waals surface area contributed by atoms with Crippen molar-refractivity contribution in [2.45, 2.75) is 13.5 Å². The number of carbonyl (C=O) groups excluding carboxylic acids is 1. The Labute approximate surface area is 96.4 Å². The summed E-state index contributed by atoms with van der Waals surface area (Å²) < 4.78 is 0. The van der Waals surface area contributed by atoms with Crippen LogP contribution in [0.15, 0.2) is 18.2 Å². The molecule has 0 aliphatic carbocycles. The van der Waals surface area contributed by atoms with Gasteiger partial charge in [-0.3, -0.25) is 4.79 Å². The summed E-state index contributed by atoms with van der Waals surface area (Å²) in [5, 5.41) is 2.60. The molecule has 1 rings (SSSR count). The minimum absolute atomic E-state index is 0.00829. The molecule has 0 spiro atoms. The van der Waals surface area contributed by atoms with Gasteiger partial charge in [-0.2, -0.15) is 0 Å². The highest BCUT2D eigenvalue weighted by Gasteiger charge is 2.09. The van der Waals surface area contributed by atoms with E-state index in [1.807, 2.05) is 31.0 Å². The Hall–Kier alpha value is -1.55. The molecule has 3 N–H and O–H groups in total. The number of rotatable bonds is 4. The normalized spacial score (nSPS) is 10.0. The van der Waals surface area contributed by atoms with Gasteiger partial charge in [0.15, 0.2) is 0 Å². The molecule has 0 aromatic heterocycles. The van der Waals surface area contributed by atoms with Crippen LogP contribution in [0.1, 0.15) is 11.1 Å². The highest BCUT2D eigenvalue weighted by molar-refractivity contribution is 5.81. The molecular formula is C12H19N3O. The van der Waals surface area contributed by atoms with Crippen molar-refractivity contribution >= 4 is 11.6 Å². The first-order valence-corrected chi connectivity index (χ1v) is 5.29. The topological polar surface area (TPSA) is 58.4 Å². The van der Waals surface area contributed by atoms with E-state index in [1.165, 1.54) is 5.56 Å². The minimum atomic E-state index is -0.00829. The van der Waals surface area contributed by atoms with Gasteiger partial charge in [-0.05, 0) is 18.6 Å². The average Bonchev–Trinajstić information content (AvgIpc) is 2.28. The lowest BCUT2D eigenvalue weighted by molar-refractivity contribution is -0.119. The van der Waals surface area contributed by atoms with Crippen LogP contribution in [-0.4, -0.2) is 26.5 Å². The number of benzene rings is 1. The van der Waals surface area contributed by atoms with E-state index in [2.05, 4.69) is 11.4 Å². The van der Waals surface area contributed by atoms with Crippen LogP contribution in [0.25, 0.3) is 0 Å². The number of aryl methyl sites for hydroxylation is 1. The van der Waals surface area contributed by atoms with Crippen LogP contribution in [-0.2, 0) is 11.3 Å². The molecule has 1 aromatic rings. The zero-order valence-corrected chi connectivity index (χ0v) is 10.1. The van der Waals surface area contributed by atoms with Crippen molar-refractivity contribution in [2.24, 2.45) is 5.73 Å². The summed E-state index contributed by atoms with van der Waals surface area (Å²) in [4.78, 5) is 13.2. The number of nitrogens with two attached hydrogens (primary N) is 1. The van der Waals surface area contributed by atoms with E-state index in [0.29, 0.717) is 13.1 Å². The summed E-state index contributed by atoms with van der Waals surface area (Å²) in [5.74, 6) is -0.00829. The van der Waals surface area contributed by atoms with Gasteiger partial charge in [0, 0.05) is 26.3 Å². The average molecular weight is 221 g/mol. The van der Waals surface area contributed by atoms with Crippen molar-refractivity contribution in [3.05, 3.63) is 29.3 Å². The van der Waals surface area contributed by atoms with Crippen LogP contribution in [0.4, 0.5) is 5.69 Å². The van der Waals surface area contributed by atoms with Gasteiger partial charge in [0.05, 0.1) is 6.54 Å². The van der Waals surface area contributed by atoms with Crippen LogP contribution in [0.5, 0.6) is 0 Å². The van der Waals surface area contributed by atoms with Gasteiger partial charge in [0.1, 0.15) is 0 Å². The van der Waals surface area contributed by atoms with Crippen molar-refractivity contribution in [2.75, 3.05) is 25.5 Å². The molecule has 0 radical (unpaired) electrons. The number of nitrogens with one attached hydrogen (secondary N) is 1. The second-order valence-corrected chi connectivity index (χ2v) is 3.87. The molecule has 1 amide bonds. The smallest absolute Gasteiger partial charge is 0.239 e. The van der Waals surface area contributed by atoms with Crippen molar-refractivity contribution in [1.29, 1.82) is 0 Å². The second-order valence-electron chi connectivity index (χ2n) is 3.87. The molecule has 0 fully saturated rings. The molecule has 16 heavy (non-hydrogen) atoms. The predicted octanol–water partition coefficient (Wildman–Crippen LogP) is 0.636. The van der Waals surface area contributed by atoms with Crippen molar-refractivity contribution < 1.29 is 4.79 Å². The molecule has 4 nitrogen and oxygen atoms in total. The summed E-state index contributed by atoms with van der Waals surface area (Å²) in [7, 11) is 3.52. The van der Waals surface area contributed by atoms with Gasteiger partial charge in [-0.15, -0.1) is 0 Å². The first kappa shape index (κ1) is 12.5. The summed E-state index contributed by atoms with van der Waals surface area (Å²) in [6.45, 7) is 2.85. The fourth-order valence-corrected chi connectivity index (χ4v) is 1.63. The molecule has 0 aliphatic heterocycles. The zero-order valence-electron chi connectivity index (χ0n) is 10.1. The summed E-state index contributed by atoms with van der Waals surface area (Å²) in [6.07, 6.45) is 0. The first-order chi connectivity index (χ1) is 7.58. The Morgan fingerprint density at radius 1 is 1.50 bits per heavy atom. The van der Waals surface area contributed by atoms with Crippen LogP contribution in [0.3, 0.4) is 0 Å². The standard InChI is InChI=1S/C12H19N3O/c1-9-4-5-11(10(6-9)7-13)15(3)8-12(16)14-2/h4-6H,7-8,13H2,1-3H3,(H,14,16). The van der Waals surface area contributed by atoms with Gasteiger partial charge in [-0.25, -0.2) is 0 Å². The van der Waals surface area contributed by atoms with Gasteiger partial charge in [-0.1, -0.05) is 17.7 Å². The largest absolute Gasteiger partial charge is 0.365 e. The molecule has 1 aromatic carbocycles. The van der Waals surface area contributed by atoms with Crippen molar-refractivity contribution in [3.63, 3.8) is 0 Å². The number of hydrogen-bond acceptors (Lipinski definition) is 3. The monoisotopic (exact) mass is 221 g/mol. The van der Waals surface area contributed by atoms with Crippen molar-refractivity contribution in [1.82, 2.24) is 5.32 Å². The predicted molar refractivity (Wildman–Crippen MR) is 66.4 cm³/mol. The molecular weight excluding hydrogens is 202 g/mol. The third-order valence-corrected chi connectivity index (χ3v) is 2.53. The maximum atomic E-state index is 11.3. The number of amides is 1. The lowest BCUT2D eigenvalue weighted by atomic mass is 10.1. The number of carbonyl (C=O) groups is 1. The lowest BCUT2D eigenvalue weighted by Crippen LogP contribution is -2.33. The Morgan fingerprint density at radius 3 is 2.75 bits per heavy atom. The van der Waals surface area contributed by atoms with E-state index in [-0.39, 0.29) is 5.91 Å². The second kappa shape index (κ2) is 5.51. The third kappa shape index (κ3) is 2.97. The molecule has 0 saturated heterocycles. The van der Waals surface area contributed by atoms with Gasteiger partial charge < -0.3 is 16.0 Å². The zero-order chi connectivity index (χ0) is 12.1. The van der Waals surface area contributed by atoms with Crippen LogP contribution >= 0.6 is 0 Å². The van der Waals surface area contributed by atoms with E-state index < -0.39 is 0 Å². The van der Waals surface area contributed by atoms with Crippen LogP contribution < -0.4 is 16.0 Å². The van der Waals surface area contributed by atoms with Crippen LogP contribution in [0, 0.1) is 6.92 Å². The summed E-state index contributed by atoms with van der Waals surface area (Å²) >= 11 is 0. The SMILES string of the molecule is CNC(=O)CN(C)c1ccc(C)cc1CN. The summed E-state index contributed by atoms with van der Waals surface area (Å²) in [6, 6.07) is 6.07. The molecule has 4 heteroatoms. The van der Waals surface area contributed by atoms with Gasteiger partial charge in [0.25, 0.3) is 0 Å². The Bertz CT molecular complexity index is 377.